The third-order valence-electron chi connectivity index (χ3n) is 6.26. The van der Waals surface area contributed by atoms with Gasteiger partial charge in [-0.3, -0.25) is 4.79 Å². The molecule has 0 radical (unpaired) electrons. The summed E-state index contributed by atoms with van der Waals surface area (Å²) in [4.78, 5) is 19.8. The number of aryl methyl sites for hydroxylation is 3. The van der Waals surface area contributed by atoms with Gasteiger partial charge in [-0.15, -0.1) is 0 Å². The molecule has 0 unspecified atom stereocenters. The van der Waals surface area contributed by atoms with Crippen LogP contribution in [0.1, 0.15) is 38.1 Å². The molecule has 0 N–H and O–H groups in total. The molecular weight excluding hydrogens is 424 g/mol. The minimum Gasteiger partial charge on any atom is -0.331 e. The maximum atomic E-state index is 13.0. The van der Waals surface area contributed by atoms with Crippen LogP contribution in [0.5, 0.6) is 0 Å². The molecule has 0 saturated heterocycles. The second-order valence-electron chi connectivity index (χ2n) is 8.10. The quantitative estimate of drug-likeness (QED) is 0.547. The monoisotopic (exact) mass is 454 g/mol. The van der Waals surface area contributed by atoms with Gasteiger partial charge in [0.15, 0.2) is 0 Å². The van der Waals surface area contributed by atoms with Gasteiger partial charge >= 0.3 is 0 Å². The normalized spacial score (nSPS) is 14.2. The molecule has 3 aromatic rings. The molecule has 1 aromatic heterocycles. The summed E-state index contributed by atoms with van der Waals surface area (Å²) in [5.74, 6) is 0.866. The summed E-state index contributed by atoms with van der Waals surface area (Å²) in [6, 6.07) is 13.2. The molecule has 4 rings (SSSR count). The average Bonchev–Trinajstić information content (AvgIpc) is 3.12. The molecule has 32 heavy (non-hydrogen) atoms. The van der Waals surface area contributed by atoms with Crippen molar-refractivity contribution in [2.75, 3.05) is 24.5 Å². The summed E-state index contributed by atoms with van der Waals surface area (Å²) in [6.07, 6.45) is 2.83. The number of hydrogen-bond acceptors (Lipinski definition) is 4. The van der Waals surface area contributed by atoms with Crippen molar-refractivity contribution in [1.82, 2.24) is 13.9 Å². The van der Waals surface area contributed by atoms with Gasteiger partial charge in [0.25, 0.3) is 0 Å². The first-order valence-electron chi connectivity index (χ1n) is 11.2. The number of nitrogens with zero attached hydrogens (tertiary/aromatic N) is 4. The first-order valence-corrected chi connectivity index (χ1v) is 12.6. The third kappa shape index (κ3) is 4.04. The summed E-state index contributed by atoms with van der Waals surface area (Å²) in [5, 5.41) is 0. The second kappa shape index (κ2) is 9.03. The van der Waals surface area contributed by atoms with Gasteiger partial charge in [0.1, 0.15) is 5.82 Å². The predicted molar refractivity (Wildman–Crippen MR) is 126 cm³/mol. The number of aromatic nitrogens is 2. The fourth-order valence-corrected chi connectivity index (χ4v) is 5.95. The van der Waals surface area contributed by atoms with E-state index in [1.165, 1.54) is 9.87 Å². The SMILES string of the molecule is CCN(CC)S(=O)(=O)c1ccc2c(c1)nc(CCC(=O)N1CCCc3ccccc31)n2C. The highest BCUT2D eigenvalue weighted by atomic mass is 32.2. The Balaban J connectivity index is 1.54. The summed E-state index contributed by atoms with van der Waals surface area (Å²) < 4.78 is 29.1. The Morgan fingerprint density at radius 3 is 2.62 bits per heavy atom. The van der Waals surface area contributed by atoms with Gasteiger partial charge in [-0.1, -0.05) is 32.0 Å². The summed E-state index contributed by atoms with van der Waals surface area (Å²) in [5.41, 5.74) is 3.72. The molecule has 0 fully saturated rings. The Morgan fingerprint density at radius 2 is 1.88 bits per heavy atom. The predicted octanol–water partition coefficient (Wildman–Crippen LogP) is 3.52. The maximum Gasteiger partial charge on any atom is 0.243 e. The zero-order valence-corrected chi connectivity index (χ0v) is 19.7. The summed E-state index contributed by atoms with van der Waals surface area (Å²) in [7, 11) is -1.63. The Kier molecular flexibility index (Phi) is 6.35. The minimum absolute atomic E-state index is 0.0917. The van der Waals surface area contributed by atoms with Crippen LogP contribution >= 0.6 is 0 Å². The minimum atomic E-state index is -3.54. The lowest BCUT2D eigenvalue weighted by Gasteiger charge is -2.29. The Morgan fingerprint density at radius 1 is 1.12 bits per heavy atom. The Hall–Kier alpha value is -2.71. The number of benzene rings is 2. The number of imidazole rings is 1. The lowest BCUT2D eigenvalue weighted by molar-refractivity contribution is -0.118. The van der Waals surface area contributed by atoms with Gasteiger partial charge < -0.3 is 9.47 Å². The molecule has 7 nitrogen and oxygen atoms in total. The van der Waals surface area contributed by atoms with Gasteiger partial charge in [-0.2, -0.15) is 4.31 Å². The van der Waals surface area contributed by atoms with Crippen LogP contribution in [-0.2, 0) is 34.7 Å². The van der Waals surface area contributed by atoms with Crippen molar-refractivity contribution in [3.63, 3.8) is 0 Å². The molecule has 2 aromatic carbocycles. The highest BCUT2D eigenvalue weighted by molar-refractivity contribution is 7.89. The molecule has 0 spiro atoms. The summed E-state index contributed by atoms with van der Waals surface area (Å²) >= 11 is 0. The molecule has 1 aliphatic heterocycles. The summed E-state index contributed by atoms with van der Waals surface area (Å²) in [6.45, 7) is 5.25. The third-order valence-corrected chi connectivity index (χ3v) is 8.31. The number of rotatable bonds is 7. The van der Waals surface area contributed by atoms with Gasteiger partial charge in [0.05, 0.1) is 15.9 Å². The van der Waals surface area contributed by atoms with E-state index >= 15 is 0 Å². The van der Waals surface area contributed by atoms with Crippen molar-refractivity contribution >= 4 is 32.7 Å². The number of hydrogen-bond donors (Lipinski definition) is 0. The van der Waals surface area contributed by atoms with Crippen molar-refractivity contribution in [2.24, 2.45) is 7.05 Å². The number of sulfonamides is 1. The fraction of sp³-hybridized carbons (Fsp3) is 0.417. The van der Waals surface area contributed by atoms with Gasteiger partial charge in [-0.25, -0.2) is 13.4 Å². The van der Waals surface area contributed by atoms with E-state index in [4.69, 9.17) is 0 Å². The average molecular weight is 455 g/mol. The van der Waals surface area contributed by atoms with Crippen molar-refractivity contribution in [1.29, 1.82) is 0 Å². The van der Waals surface area contributed by atoms with Crippen LogP contribution in [0.4, 0.5) is 5.69 Å². The first-order chi connectivity index (χ1) is 15.4. The van der Waals surface area contributed by atoms with Crippen LogP contribution < -0.4 is 4.90 Å². The van der Waals surface area contributed by atoms with Crippen molar-refractivity contribution in [3.8, 4) is 0 Å². The van der Waals surface area contributed by atoms with Crippen LogP contribution in [0.2, 0.25) is 0 Å². The maximum absolute atomic E-state index is 13.0. The lowest BCUT2D eigenvalue weighted by Crippen LogP contribution is -2.35. The second-order valence-corrected chi connectivity index (χ2v) is 10.0. The Labute approximate surface area is 189 Å². The van der Waals surface area contributed by atoms with E-state index in [1.54, 1.807) is 18.2 Å². The molecule has 0 atom stereocenters. The van der Waals surface area contributed by atoms with Crippen LogP contribution in [0.3, 0.4) is 0 Å². The number of carbonyl (C=O) groups excluding carboxylic acids is 1. The topological polar surface area (TPSA) is 75.5 Å². The lowest BCUT2D eigenvalue weighted by atomic mass is 10.0. The molecule has 0 saturated carbocycles. The first kappa shape index (κ1) is 22.5. The Bertz CT molecular complexity index is 1250. The van der Waals surface area contributed by atoms with Crippen molar-refractivity contribution < 1.29 is 13.2 Å². The number of para-hydroxylation sites is 1. The van der Waals surface area contributed by atoms with E-state index in [-0.39, 0.29) is 10.8 Å². The molecular formula is C24H30N4O3S. The molecule has 0 bridgehead atoms. The van der Waals surface area contributed by atoms with Gasteiger partial charge in [0.2, 0.25) is 15.9 Å². The molecule has 0 aliphatic carbocycles. The zero-order valence-electron chi connectivity index (χ0n) is 18.9. The van der Waals surface area contributed by atoms with Crippen LogP contribution in [0.25, 0.3) is 11.0 Å². The van der Waals surface area contributed by atoms with Gasteiger partial charge in [0, 0.05) is 45.2 Å². The highest BCUT2D eigenvalue weighted by Crippen LogP contribution is 2.28. The number of fused-ring (bicyclic) bond motifs is 2. The van der Waals surface area contributed by atoms with Crippen LogP contribution in [0, 0.1) is 0 Å². The van der Waals surface area contributed by atoms with E-state index in [9.17, 15) is 13.2 Å². The zero-order chi connectivity index (χ0) is 22.9. The van der Waals surface area contributed by atoms with Crippen LogP contribution in [0.15, 0.2) is 47.4 Å². The van der Waals surface area contributed by atoms with Crippen molar-refractivity contribution in [2.45, 2.75) is 44.4 Å². The largest absolute Gasteiger partial charge is 0.331 e. The highest BCUT2D eigenvalue weighted by Gasteiger charge is 2.24. The van der Waals surface area contributed by atoms with E-state index < -0.39 is 10.0 Å². The molecule has 1 aliphatic rings. The molecule has 170 valence electrons. The molecule has 1 amide bonds. The number of amides is 1. The van der Waals surface area contributed by atoms with Crippen molar-refractivity contribution in [3.05, 3.63) is 53.9 Å². The standard InChI is InChI=1S/C24H30N4O3S/c1-4-27(5-2)32(30,31)19-12-13-22-20(17-19)25-23(26(22)3)14-15-24(29)28-16-8-10-18-9-6-7-11-21(18)28/h6-7,9,11-13,17H,4-5,8,10,14-16H2,1-3H3. The molecule has 2 heterocycles. The van der Waals surface area contributed by atoms with E-state index in [1.807, 2.05) is 48.6 Å². The fourth-order valence-electron chi connectivity index (χ4n) is 4.47. The smallest absolute Gasteiger partial charge is 0.243 e. The van der Waals surface area contributed by atoms with Crippen LogP contribution in [-0.4, -0.2) is 47.8 Å². The number of anilines is 1. The van der Waals surface area contributed by atoms with Gasteiger partial charge in [-0.05, 0) is 42.7 Å². The van der Waals surface area contributed by atoms with E-state index in [0.29, 0.717) is 31.4 Å². The van der Waals surface area contributed by atoms with E-state index in [0.717, 1.165) is 36.4 Å². The number of carbonyl (C=O) groups is 1. The van der Waals surface area contributed by atoms with E-state index in [2.05, 4.69) is 11.1 Å². The molecule has 8 heteroatoms.